The van der Waals surface area contributed by atoms with E-state index < -0.39 is 0 Å². The number of nitrogens with one attached hydrogen (secondary N) is 1. The van der Waals surface area contributed by atoms with E-state index >= 15 is 0 Å². The first kappa shape index (κ1) is 16.7. The summed E-state index contributed by atoms with van der Waals surface area (Å²) >= 11 is 3.48. The summed E-state index contributed by atoms with van der Waals surface area (Å²) in [6, 6.07) is 8.61. The highest BCUT2D eigenvalue weighted by Gasteiger charge is 2.24. The average Bonchev–Trinajstić information content (AvgIpc) is 2.32. The molecule has 0 aliphatic rings. The summed E-state index contributed by atoms with van der Waals surface area (Å²) in [5, 5.41) is 3.34. The molecule has 0 aliphatic carbocycles. The lowest BCUT2D eigenvalue weighted by molar-refractivity contribution is 0.171. The van der Waals surface area contributed by atoms with Crippen LogP contribution in [0.25, 0.3) is 0 Å². The van der Waals surface area contributed by atoms with Crippen molar-refractivity contribution >= 4 is 15.9 Å². The van der Waals surface area contributed by atoms with E-state index in [0.29, 0.717) is 5.41 Å². The largest absolute Gasteiger partial charge is 0.319 e. The molecule has 0 spiro atoms. The molecular formula is C16H27BrN2. The molecule has 0 saturated heterocycles. The van der Waals surface area contributed by atoms with Crippen LogP contribution in [0.1, 0.15) is 32.3 Å². The van der Waals surface area contributed by atoms with Gasteiger partial charge in [-0.25, -0.2) is 0 Å². The van der Waals surface area contributed by atoms with Gasteiger partial charge in [-0.2, -0.15) is 0 Å². The van der Waals surface area contributed by atoms with Crippen molar-refractivity contribution in [1.82, 2.24) is 10.2 Å². The van der Waals surface area contributed by atoms with Crippen molar-refractivity contribution in [3.63, 3.8) is 0 Å². The molecule has 108 valence electrons. The van der Waals surface area contributed by atoms with Gasteiger partial charge >= 0.3 is 0 Å². The van der Waals surface area contributed by atoms with E-state index in [2.05, 4.69) is 71.3 Å². The fraction of sp³-hybridized carbons (Fsp3) is 0.625. The second-order valence-corrected chi connectivity index (χ2v) is 6.81. The molecule has 0 aromatic heterocycles. The molecule has 3 heteroatoms. The molecule has 1 unspecified atom stereocenters. The maximum Gasteiger partial charge on any atom is 0.0230 e. The number of halogens is 1. The second-order valence-electron chi connectivity index (χ2n) is 5.89. The molecule has 0 aliphatic heterocycles. The normalized spacial score (nSPS) is 14.6. The zero-order valence-corrected chi connectivity index (χ0v) is 14.3. The maximum atomic E-state index is 3.48. The van der Waals surface area contributed by atoms with Crippen molar-refractivity contribution in [2.75, 3.05) is 27.2 Å². The first-order chi connectivity index (χ1) is 8.99. The predicted molar refractivity (Wildman–Crippen MR) is 87.4 cm³/mol. The van der Waals surface area contributed by atoms with Gasteiger partial charge < -0.3 is 10.2 Å². The fourth-order valence-corrected chi connectivity index (χ4v) is 3.13. The summed E-state index contributed by atoms with van der Waals surface area (Å²) in [6.45, 7) is 7.85. The quantitative estimate of drug-likeness (QED) is 0.779. The molecule has 0 saturated carbocycles. The summed E-state index contributed by atoms with van der Waals surface area (Å²) < 4.78 is 1.14. The van der Waals surface area contributed by atoms with Gasteiger partial charge in [-0.3, -0.25) is 0 Å². The highest BCUT2D eigenvalue weighted by molar-refractivity contribution is 9.10. The number of hydrogen-bond acceptors (Lipinski definition) is 2. The van der Waals surface area contributed by atoms with E-state index in [-0.39, 0.29) is 0 Å². The lowest BCUT2D eigenvalue weighted by Crippen LogP contribution is -2.39. The van der Waals surface area contributed by atoms with Gasteiger partial charge in [0.2, 0.25) is 0 Å². The van der Waals surface area contributed by atoms with E-state index in [4.69, 9.17) is 0 Å². The molecular weight excluding hydrogens is 300 g/mol. The highest BCUT2D eigenvalue weighted by Crippen LogP contribution is 2.24. The van der Waals surface area contributed by atoms with Gasteiger partial charge in [0.15, 0.2) is 0 Å². The molecule has 0 radical (unpaired) electrons. The fourth-order valence-electron chi connectivity index (χ4n) is 2.86. The minimum atomic E-state index is 0.355. The molecule has 1 aromatic rings. The van der Waals surface area contributed by atoms with Crippen LogP contribution in [-0.2, 0) is 6.54 Å². The van der Waals surface area contributed by atoms with Crippen LogP contribution in [0, 0.1) is 5.41 Å². The molecule has 0 fully saturated rings. The molecule has 2 nitrogen and oxygen atoms in total. The number of hydrogen-bond donors (Lipinski definition) is 1. The van der Waals surface area contributed by atoms with Gasteiger partial charge in [0.05, 0.1) is 0 Å². The molecule has 1 N–H and O–H groups in total. The Hall–Kier alpha value is -0.380. The van der Waals surface area contributed by atoms with Crippen molar-refractivity contribution in [2.24, 2.45) is 5.41 Å². The van der Waals surface area contributed by atoms with Crippen molar-refractivity contribution in [2.45, 2.75) is 33.2 Å². The Bertz CT molecular complexity index is 356. The van der Waals surface area contributed by atoms with E-state index in [1.165, 1.54) is 18.4 Å². The van der Waals surface area contributed by atoms with Crippen LogP contribution < -0.4 is 5.32 Å². The van der Waals surface area contributed by atoms with Crippen molar-refractivity contribution in [3.05, 3.63) is 34.3 Å². The monoisotopic (exact) mass is 326 g/mol. The molecule has 19 heavy (non-hydrogen) atoms. The molecule has 0 heterocycles. The van der Waals surface area contributed by atoms with Gasteiger partial charge in [-0.1, -0.05) is 48.3 Å². The van der Waals surface area contributed by atoms with E-state index in [1.807, 2.05) is 7.05 Å². The average molecular weight is 327 g/mol. The molecule has 1 aromatic carbocycles. The van der Waals surface area contributed by atoms with Crippen molar-refractivity contribution in [3.8, 4) is 0 Å². The van der Waals surface area contributed by atoms with Crippen LogP contribution in [0.3, 0.4) is 0 Å². The summed E-state index contributed by atoms with van der Waals surface area (Å²) in [4.78, 5) is 2.43. The number of rotatable bonds is 8. The van der Waals surface area contributed by atoms with Gasteiger partial charge in [-0.15, -0.1) is 0 Å². The lowest BCUT2D eigenvalue weighted by Gasteiger charge is -2.33. The van der Waals surface area contributed by atoms with E-state index in [0.717, 1.165) is 24.1 Å². The van der Waals surface area contributed by atoms with Gasteiger partial charge in [-0.05, 0) is 43.6 Å². The van der Waals surface area contributed by atoms with E-state index in [9.17, 15) is 0 Å². The summed E-state index contributed by atoms with van der Waals surface area (Å²) in [5.74, 6) is 0. The van der Waals surface area contributed by atoms with Gasteiger partial charge in [0, 0.05) is 24.1 Å². The third-order valence-corrected chi connectivity index (χ3v) is 4.00. The second kappa shape index (κ2) is 8.03. The minimum absolute atomic E-state index is 0.355. The summed E-state index contributed by atoms with van der Waals surface area (Å²) in [7, 11) is 4.26. The third kappa shape index (κ3) is 6.07. The smallest absolute Gasteiger partial charge is 0.0230 e. The Morgan fingerprint density at radius 3 is 2.42 bits per heavy atom. The van der Waals surface area contributed by atoms with Crippen LogP contribution >= 0.6 is 15.9 Å². The lowest BCUT2D eigenvalue weighted by atomic mass is 9.85. The Morgan fingerprint density at radius 1 is 1.26 bits per heavy atom. The first-order valence-corrected chi connectivity index (χ1v) is 7.86. The SMILES string of the molecule is CCCC(C)(CNC)CN(C)Cc1ccc(Br)cc1. The van der Waals surface area contributed by atoms with Crippen molar-refractivity contribution in [1.29, 1.82) is 0 Å². The van der Waals surface area contributed by atoms with Crippen molar-refractivity contribution < 1.29 is 0 Å². The number of nitrogens with zero attached hydrogens (tertiary/aromatic N) is 1. The first-order valence-electron chi connectivity index (χ1n) is 7.06. The molecule has 0 bridgehead atoms. The van der Waals surface area contributed by atoms with Crippen LogP contribution in [0.4, 0.5) is 0 Å². The molecule has 0 amide bonds. The van der Waals surface area contributed by atoms with Crippen LogP contribution in [0.5, 0.6) is 0 Å². The summed E-state index contributed by atoms with van der Waals surface area (Å²) in [5.41, 5.74) is 1.72. The van der Waals surface area contributed by atoms with Gasteiger partial charge in [0.1, 0.15) is 0 Å². The Kier molecular flexibility index (Phi) is 7.05. The molecule has 1 rings (SSSR count). The number of benzene rings is 1. The predicted octanol–water partition coefficient (Wildman–Crippen LogP) is 3.91. The van der Waals surface area contributed by atoms with Gasteiger partial charge in [0.25, 0.3) is 0 Å². The zero-order chi connectivity index (χ0) is 14.3. The Labute approximate surface area is 126 Å². The van der Waals surface area contributed by atoms with Crippen LogP contribution in [-0.4, -0.2) is 32.1 Å². The summed E-state index contributed by atoms with van der Waals surface area (Å²) in [6.07, 6.45) is 2.50. The Balaban J connectivity index is 2.56. The topological polar surface area (TPSA) is 15.3 Å². The zero-order valence-electron chi connectivity index (χ0n) is 12.7. The third-order valence-electron chi connectivity index (χ3n) is 3.47. The van der Waals surface area contributed by atoms with Crippen LogP contribution in [0.2, 0.25) is 0 Å². The standard InChI is InChI=1S/C16H27BrN2/c1-5-10-16(2,12-18-3)13-19(4)11-14-6-8-15(17)9-7-14/h6-9,18H,5,10-13H2,1-4H3. The van der Waals surface area contributed by atoms with E-state index in [1.54, 1.807) is 0 Å². The molecule has 1 atom stereocenters. The van der Waals surface area contributed by atoms with Crippen LogP contribution in [0.15, 0.2) is 28.7 Å². The minimum Gasteiger partial charge on any atom is -0.319 e. The maximum absolute atomic E-state index is 3.48. The Morgan fingerprint density at radius 2 is 1.89 bits per heavy atom. The highest BCUT2D eigenvalue weighted by atomic mass is 79.9.